The van der Waals surface area contributed by atoms with Crippen LogP contribution in [0.15, 0.2) is 0 Å². The first kappa shape index (κ1) is 9.81. The van der Waals surface area contributed by atoms with Crippen LogP contribution in [0, 0.1) is 0 Å². The summed E-state index contributed by atoms with van der Waals surface area (Å²) in [5, 5.41) is 0. The lowest BCUT2D eigenvalue weighted by molar-refractivity contribution is -0.149. The van der Waals surface area contributed by atoms with Crippen LogP contribution in [-0.4, -0.2) is 30.2 Å². The molecule has 1 heterocycles. The molecule has 70 valence electrons. The van der Waals surface area contributed by atoms with Gasteiger partial charge in [0.05, 0.1) is 12.7 Å². The fraction of sp³-hybridized carbons (Fsp3) is 0.875. The second kappa shape index (κ2) is 3.62. The average Bonchev–Trinajstić information content (AvgIpc) is 2.64. The highest BCUT2D eigenvalue weighted by Gasteiger charge is 2.60. The Hall–Kier alpha value is -0.280. The van der Waals surface area contributed by atoms with Crippen molar-refractivity contribution < 1.29 is 14.3 Å². The smallest absolute Gasteiger partial charge is 0.341 e. The molecule has 1 aliphatic heterocycles. The number of halogens is 1. The summed E-state index contributed by atoms with van der Waals surface area (Å²) < 4.78 is 10.1. The highest BCUT2D eigenvalue weighted by molar-refractivity contribution is 6.18. The molecule has 0 bridgehead atoms. The van der Waals surface area contributed by atoms with Crippen LogP contribution in [0.3, 0.4) is 0 Å². The summed E-state index contributed by atoms with van der Waals surface area (Å²) in [4.78, 5) is 11.3. The van der Waals surface area contributed by atoms with Crippen LogP contribution < -0.4 is 0 Å². The molecular weight excluding hydrogens is 180 g/mol. The van der Waals surface area contributed by atoms with Crippen LogP contribution in [-0.2, 0) is 14.3 Å². The molecule has 0 aromatic heterocycles. The average molecular weight is 193 g/mol. The van der Waals surface area contributed by atoms with Gasteiger partial charge in [-0.05, 0) is 13.8 Å². The predicted octanol–water partition coefficient (Wildman–Crippen LogP) is 1.34. The normalized spacial score (nSPS) is 33.1. The fourth-order valence-electron chi connectivity index (χ4n) is 1.25. The summed E-state index contributed by atoms with van der Waals surface area (Å²) in [6.45, 7) is 4.02. The molecule has 2 atom stereocenters. The number of hydrogen-bond acceptors (Lipinski definition) is 3. The number of rotatable bonds is 4. The first-order valence-corrected chi connectivity index (χ1v) is 4.62. The second-order valence-electron chi connectivity index (χ2n) is 2.81. The van der Waals surface area contributed by atoms with Crippen molar-refractivity contribution in [3.05, 3.63) is 0 Å². The quantitative estimate of drug-likeness (QED) is 0.383. The third-order valence-corrected chi connectivity index (χ3v) is 2.26. The third-order valence-electron chi connectivity index (χ3n) is 2.07. The molecule has 0 aromatic carbocycles. The minimum Gasteiger partial charge on any atom is -0.464 e. The first-order chi connectivity index (χ1) is 5.67. The number of carbonyl (C=O) groups excluding carboxylic acids is 1. The number of carbonyl (C=O) groups is 1. The van der Waals surface area contributed by atoms with E-state index in [1.807, 2.05) is 6.92 Å². The van der Waals surface area contributed by atoms with Crippen molar-refractivity contribution in [2.75, 3.05) is 12.5 Å². The van der Waals surface area contributed by atoms with Gasteiger partial charge in [0.2, 0.25) is 0 Å². The van der Waals surface area contributed by atoms with Crippen LogP contribution >= 0.6 is 11.6 Å². The van der Waals surface area contributed by atoms with E-state index in [9.17, 15) is 4.79 Å². The Morgan fingerprint density at radius 3 is 2.67 bits per heavy atom. The molecule has 0 aliphatic carbocycles. The van der Waals surface area contributed by atoms with Crippen molar-refractivity contribution in [1.29, 1.82) is 0 Å². The van der Waals surface area contributed by atoms with Gasteiger partial charge in [-0.1, -0.05) is 0 Å². The monoisotopic (exact) mass is 192 g/mol. The van der Waals surface area contributed by atoms with Crippen molar-refractivity contribution in [1.82, 2.24) is 0 Å². The zero-order chi connectivity index (χ0) is 9.19. The largest absolute Gasteiger partial charge is 0.464 e. The zero-order valence-corrected chi connectivity index (χ0v) is 8.06. The van der Waals surface area contributed by atoms with Gasteiger partial charge in [0.15, 0.2) is 5.60 Å². The molecule has 0 N–H and O–H groups in total. The molecule has 0 radical (unpaired) electrons. The van der Waals surface area contributed by atoms with Gasteiger partial charge in [0.1, 0.15) is 0 Å². The van der Waals surface area contributed by atoms with Crippen LogP contribution in [0.5, 0.6) is 0 Å². The lowest BCUT2D eigenvalue weighted by Gasteiger charge is -2.08. The summed E-state index contributed by atoms with van der Waals surface area (Å²) in [6, 6.07) is 0. The maximum atomic E-state index is 11.3. The Bertz CT molecular complexity index is 183. The summed E-state index contributed by atoms with van der Waals surface area (Å²) in [7, 11) is 0. The van der Waals surface area contributed by atoms with Gasteiger partial charge in [-0.15, -0.1) is 11.6 Å². The number of alkyl halides is 1. The lowest BCUT2D eigenvalue weighted by atomic mass is 10.0. The van der Waals surface area contributed by atoms with Crippen molar-refractivity contribution in [3.8, 4) is 0 Å². The summed E-state index contributed by atoms with van der Waals surface area (Å²) >= 11 is 5.55. The number of ether oxygens (including phenoxy) is 2. The van der Waals surface area contributed by atoms with Crippen molar-refractivity contribution in [3.63, 3.8) is 0 Å². The predicted molar refractivity (Wildman–Crippen MR) is 45.2 cm³/mol. The molecule has 1 saturated heterocycles. The van der Waals surface area contributed by atoms with Crippen LogP contribution in [0.25, 0.3) is 0 Å². The van der Waals surface area contributed by atoms with E-state index in [0.717, 1.165) is 0 Å². The molecule has 0 aromatic rings. The number of hydrogen-bond donors (Lipinski definition) is 0. The molecule has 1 fully saturated rings. The van der Waals surface area contributed by atoms with Crippen LogP contribution in [0.4, 0.5) is 0 Å². The van der Waals surface area contributed by atoms with Crippen molar-refractivity contribution in [2.45, 2.75) is 32.0 Å². The van der Waals surface area contributed by atoms with Gasteiger partial charge < -0.3 is 9.47 Å². The first-order valence-electron chi connectivity index (χ1n) is 4.08. The molecule has 1 rings (SSSR count). The van der Waals surface area contributed by atoms with E-state index in [2.05, 4.69) is 0 Å². The van der Waals surface area contributed by atoms with Crippen LogP contribution in [0.1, 0.15) is 20.3 Å². The van der Waals surface area contributed by atoms with Gasteiger partial charge in [-0.25, -0.2) is 4.79 Å². The lowest BCUT2D eigenvalue weighted by Crippen LogP contribution is -2.29. The molecule has 12 heavy (non-hydrogen) atoms. The van der Waals surface area contributed by atoms with E-state index in [0.29, 0.717) is 18.9 Å². The van der Waals surface area contributed by atoms with E-state index in [-0.39, 0.29) is 12.1 Å². The number of epoxide rings is 1. The van der Waals surface area contributed by atoms with Crippen molar-refractivity contribution >= 4 is 17.6 Å². The van der Waals surface area contributed by atoms with Gasteiger partial charge in [0.25, 0.3) is 0 Å². The van der Waals surface area contributed by atoms with E-state index in [1.54, 1.807) is 6.92 Å². The maximum Gasteiger partial charge on any atom is 0.341 e. The second-order valence-corrected chi connectivity index (χ2v) is 3.19. The van der Waals surface area contributed by atoms with Crippen molar-refractivity contribution in [2.24, 2.45) is 0 Å². The maximum absolute atomic E-state index is 11.3. The van der Waals surface area contributed by atoms with E-state index in [4.69, 9.17) is 21.1 Å². The van der Waals surface area contributed by atoms with Gasteiger partial charge in [-0.2, -0.15) is 0 Å². The zero-order valence-electron chi connectivity index (χ0n) is 7.30. The van der Waals surface area contributed by atoms with Gasteiger partial charge in [-0.3, -0.25) is 0 Å². The van der Waals surface area contributed by atoms with E-state index >= 15 is 0 Å². The SMILES string of the molecule is CCOC(=O)C1(CCCl)OC1C. The Morgan fingerprint density at radius 1 is 1.75 bits per heavy atom. The highest BCUT2D eigenvalue weighted by Crippen LogP contribution is 2.40. The minimum absolute atomic E-state index is 0.0460. The van der Waals surface area contributed by atoms with E-state index in [1.165, 1.54) is 0 Å². The highest BCUT2D eigenvalue weighted by atomic mass is 35.5. The molecule has 3 nitrogen and oxygen atoms in total. The Labute approximate surface area is 77.0 Å². The molecule has 1 aliphatic rings. The Kier molecular flexibility index (Phi) is 2.96. The van der Waals surface area contributed by atoms with Gasteiger partial charge >= 0.3 is 5.97 Å². The fourth-order valence-corrected chi connectivity index (χ4v) is 1.53. The molecular formula is C8H13ClO3. The summed E-state index contributed by atoms with van der Waals surface area (Å²) in [5.74, 6) is 0.140. The minimum atomic E-state index is -0.724. The standard InChI is InChI=1S/C8H13ClO3/c1-3-11-7(10)8(4-5-9)6(2)12-8/h6H,3-5H2,1-2H3. The third kappa shape index (κ3) is 1.57. The molecule has 2 unspecified atom stereocenters. The Balaban J connectivity index is 2.51. The Morgan fingerprint density at radius 2 is 2.33 bits per heavy atom. The van der Waals surface area contributed by atoms with Crippen LogP contribution in [0.2, 0.25) is 0 Å². The molecule has 0 spiro atoms. The molecule has 0 amide bonds. The van der Waals surface area contributed by atoms with Gasteiger partial charge in [0, 0.05) is 12.3 Å². The summed E-state index contributed by atoms with van der Waals surface area (Å²) in [5.41, 5.74) is -0.724. The topological polar surface area (TPSA) is 38.8 Å². The molecule has 0 saturated carbocycles. The number of esters is 1. The van der Waals surface area contributed by atoms with E-state index < -0.39 is 5.60 Å². The summed E-state index contributed by atoms with van der Waals surface area (Å²) in [6.07, 6.45) is 0.490. The molecule has 4 heteroatoms.